The molecule has 2 bridgehead atoms. The van der Waals surface area contributed by atoms with E-state index in [-0.39, 0.29) is 5.41 Å². The summed E-state index contributed by atoms with van der Waals surface area (Å²) in [5, 5.41) is 9.60. The van der Waals surface area contributed by atoms with E-state index in [0.717, 1.165) is 18.8 Å². The third kappa shape index (κ3) is 4.60. The van der Waals surface area contributed by atoms with Crippen LogP contribution in [0.1, 0.15) is 90.4 Å². The van der Waals surface area contributed by atoms with Crippen LogP contribution >= 0.6 is 0 Å². The van der Waals surface area contributed by atoms with E-state index in [4.69, 9.17) is 0 Å². The van der Waals surface area contributed by atoms with Crippen LogP contribution in [0.5, 0.6) is 0 Å². The van der Waals surface area contributed by atoms with Gasteiger partial charge in [-0.2, -0.15) is 5.26 Å². The molecule has 0 N–H and O–H groups in total. The van der Waals surface area contributed by atoms with Crippen molar-refractivity contribution in [2.75, 3.05) is 0 Å². The zero-order valence-electron chi connectivity index (χ0n) is 13.9. The van der Waals surface area contributed by atoms with E-state index in [0.29, 0.717) is 5.92 Å². The molecule has 0 radical (unpaired) electrons. The molecule has 1 fully saturated rings. The maximum Gasteiger partial charge on any atom is 0.0696 e. The molecule has 2 aliphatic rings. The number of unbranched alkanes of at least 4 members (excludes halogenated alkanes) is 9. The highest BCUT2D eigenvalue weighted by Gasteiger charge is 2.48. The minimum absolute atomic E-state index is 0.0135. The van der Waals surface area contributed by atoms with Gasteiger partial charge in [0.1, 0.15) is 0 Å². The first-order valence-corrected chi connectivity index (χ1v) is 9.40. The highest BCUT2D eigenvalue weighted by atomic mass is 14.5. The van der Waals surface area contributed by atoms with Crippen LogP contribution in [0.15, 0.2) is 12.2 Å². The first-order chi connectivity index (χ1) is 10.3. The fourth-order valence-corrected chi connectivity index (χ4v) is 4.35. The number of nitriles is 1. The standard InChI is InChI=1S/C20H33N/c1-2-3-4-5-6-7-8-9-10-11-14-20(17-21)16-18-12-13-19(20)15-18/h12-13,18-19H,2-11,14-16H2,1H3/t18-,19-,20+/m0/s1. The Morgan fingerprint density at radius 3 is 2.05 bits per heavy atom. The molecule has 2 rings (SSSR count). The van der Waals surface area contributed by atoms with Crippen LogP contribution in [0.3, 0.4) is 0 Å². The van der Waals surface area contributed by atoms with Gasteiger partial charge in [0.05, 0.1) is 11.5 Å². The first-order valence-electron chi connectivity index (χ1n) is 9.40. The monoisotopic (exact) mass is 287 g/mol. The Morgan fingerprint density at radius 1 is 0.952 bits per heavy atom. The number of nitrogens with zero attached hydrogens (tertiary/aromatic N) is 1. The molecule has 0 aromatic rings. The summed E-state index contributed by atoms with van der Waals surface area (Å²) in [4.78, 5) is 0. The Labute approximate surface area is 131 Å². The maximum absolute atomic E-state index is 9.60. The van der Waals surface area contributed by atoms with Crippen molar-refractivity contribution >= 4 is 0 Å². The lowest BCUT2D eigenvalue weighted by Crippen LogP contribution is -2.23. The van der Waals surface area contributed by atoms with Crippen LogP contribution in [-0.2, 0) is 0 Å². The number of hydrogen-bond donors (Lipinski definition) is 0. The molecule has 0 unspecified atom stereocenters. The summed E-state index contributed by atoms with van der Waals surface area (Å²) in [6.45, 7) is 2.28. The lowest BCUT2D eigenvalue weighted by molar-refractivity contribution is 0.288. The predicted molar refractivity (Wildman–Crippen MR) is 89.9 cm³/mol. The number of rotatable bonds is 11. The molecule has 0 aromatic heterocycles. The van der Waals surface area contributed by atoms with Gasteiger partial charge in [-0.1, -0.05) is 83.3 Å². The van der Waals surface area contributed by atoms with Gasteiger partial charge in [0.2, 0.25) is 0 Å². The fourth-order valence-electron chi connectivity index (χ4n) is 4.35. The minimum Gasteiger partial charge on any atom is -0.198 e. The first kappa shape index (κ1) is 16.6. The van der Waals surface area contributed by atoms with Crippen molar-refractivity contribution in [3.8, 4) is 6.07 Å². The van der Waals surface area contributed by atoms with Crippen LogP contribution in [0.25, 0.3) is 0 Å². The lowest BCUT2D eigenvalue weighted by Gasteiger charge is -2.28. The highest BCUT2D eigenvalue weighted by Crippen LogP contribution is 2.54. The van der Waals surface area contributed by atoms with E-state index in [2.05, 4.69) is 25.1 Å². The average molecular weight is 287 g/mol. The van der Waals surface area contributed by atoms with Crippen molar-refractivity contribution in [3.05, 3.63) is 12.2 Å². The van der Waals surface area contributed by atoms with E-state index in [9.17, 15) is 5.26 Å². The van der Waals surface area contributed by atoms with E-state index in [1.807, 2.05) is 0 Å². The molecule has 2 aliphatic carbocycles. The van der Waals surface area contributed by atoms with Gasteiger partial charge in [-0.15, -0.1) is 0 Å². The molecular formula is C20H33N. The van der Waals surface area contributed by atoms with E-state index >= 15 is 0 Å². The van der Waals surface area contributed by atoms with Crippen molar-refractivity contribution < 1.29 is 0 Å². The van der Waals surface area contributed by atoms with Gasteiger partial charge < -0.3 is 0 Å². The van der Waals surface area contributed by atoms with E-state index in [1.54, 1.807) is 0 Å². The molecule has 0 heterocycles. The Kier molecular flexibility index (Phi) is 6.81. The molecular weight excluding hydrogens is 254 g/mol. The Hall–Kier alpha value is -0.770. The summed E-state index contributed by atoms with van der Waals surface area (Å²) < 4.78 is 0. The lowest BCUT2D eigenvalue weighted by atomic mass is 9.73. The van der Waals surface area contributed by atoms with Crippen LogP contribution in [0, 0.1) is 28.6 Å². The predicted octanol–water partition coefficient (Wildman–Crippen LogP) is 6.40. The van der Waals surface area contributed by atoms with Gasteiger partial charge in [0, 0.05) is 0 Å². The second kappa shape index (κ2) is 8.62. The summed E-state index contributed by atoms with van der Waals surface area (Å²) in [6, 6.07) is 2.69. The molecule has 0 spiro atoms. The fraction of sp³-hybridized carbons (Fsp3) is 0.850. The van der Waals surface area contributed by atoms with Crippen LogP contribution in [-0.4, -0.2) is 0 Å². The Morgan fingerprint density at radius 2 is 1.57 bits per heavy atom. The quantitative estimate of drug-likeness (QED) is 0.318. The molecule has 1 heteroatoms. The van der Waals surface area contributed by atoms with Gasteiger partial charge in [0.15, 0.2) is 0 Å². The minimum atomic E-state index is 0.0135. The smallest absolute Gasteiger partial charge is 0.0696 e. The molecule has 3 atom stereocenters. The molecule has 21 heavy (non-hydrogen) atoms. The summed E-state index contributed by atoms with van der Waals surface area (Å²) >= 11 is 0. The molecule has 118 valence electrons. The van der Waals surface area contributed by atoms with Crippen molar-refractivity contribution in [1.29, 1.82) is 5.26 Å². The van der Waals surface area contributed by atoms with Crippen molar-refractivity contribution in [2.24, 2.45) is 17.3 Å². The summed E-state index contributed by atoms with van der Waals surface area (Å²) in [5.74, 6) is 1.30. The third-order valence-electron chi connectivity index (χ3n) is 5.71. The summed E-state index contributed by atoms with van der Waals surface area (Å²) in [5.41, 5.74) is 0.0135. The average Bonchev–Trinajstić information content (AvgIpc) is 3.10. The van der Waals surface area contributed by atoms with E-state index < -0.39 is 0 Å². The SMILES string of the molecule is CCCCCCCCCCCC[C@]1(C#N)C[C@H]2C=C[C@H]1C2. The summed E-state index contributed by atoms with van der Waals surface area (Å²) in [6.07, 6.45) is 22.0. The van der Waals surface area contributed by atoms with Crippen molar-refractivity contribution in [3.63, 3.8) is 0 Å². The Bertz CT molecular complexity index is 365. The number of fused-ring (bicyclic) bond motifs is 2. The number of hydrogen-bond acceptors (Lipinski definition) is 1. The molecule has 1 saturated carbocycles. The highest BCUT2D eigenvalue weighted by molar-refractivity contribution is 5.21. The number of allylic oxidation sites excluding steroid dienone is 2. The van der Waals surface area contributed by atoms with Gasteiger partial charge in [0.25, 0.3) is 0 Å². The van der Waals surface area contributed by atoms with Crippen LogP contribution in [0.2, 0.25) is 0 Å². The zero-order valence-corrected chi connectivity index (χ0v) is 13.9. The zero-order chi connectivity index (χ0) is 15.0. The molecule has 0 aromatic carbocycles. The van der Waals surface area contributed by atoms with Crippen molar-refractivity contribution in [1.82, 2.24) is 0 Å². The van der Waals surface area contributed by atoms with Gasteiger partial charge in [-0.25, -0.2) is 0 Å². The Balaban J connectivity index is 1.49. The second-order valence-electron chi connectivity index (χ2n) is 7.39. The maximum atomic E-state index is 9.60. The third-order valence-corrected chi connectivity index (χ3v) is 5.71. The van der Waals surface area contributed by atoms with Crippen LogP contribution in [0.4, 0.5) is 0 Å². The molecule has 0 amide bonds. The summed E-state index contributed by atoms with van der Waals surface area (Å²) in [7, 11) is 0. The molecule has 1 nitrogen and oxygen atoms in total. The molecule has 0 saturated heterocycles. The largest absolute Gasteiger partial charge is 0.198 e. The normalized spacial score (nSPS) is 29.9. The van der Waals surface area contributed by atoms with E-state index in [1.165, 1.54) is 70.6 Å². The van der Waals surface area contributed by atoms with Gasteiger partial charge in [-0.05, 0) is 31.1 Å². The van der Waals surface area contributed by atoms with Crippen molar-refractivity contribution in [2.45, 2.75) is 90.4 Å². The molecule has 0 aliphatic heterocycles. The second-order valence-corrected chi connectivity index (χ2v) is 7.39. The van der Waals surface area contributed by atoms with Gasteiger partial charge >= 0.3 is 0 Å². The van der Waals surface area contributed by atoms with Crippen LogP contribution < -0.4 is 0 Å². The van der Waals surface area contributed by atoms with Gasteiger partial charge in [-0.3, -0.25) is 0 Å². The topological polar surface area (TPSA) is 23.8 Å².